The van der Waals surface area contributed by atoms with Gasteiger partial charge in [-0.3, -0.25) is 4.79 Å². The molecule has 1 aliphatic heterocycles. The molecule has 4 heteroatoms. The van der Waals surface area contributed by atoms with Crippen molar-refractivity contribution in [1.82, 2.24) is 4.90 Å². The molecule has 0 spiro atoms. The van der Waals surface area contributed by atoms with Crippen LogP contribution in [0.2, 0.25) is 0 Å². The Labute approximate surface area is 111 Å². The van der Waals surface area contributed by atoms with Crippen molar-refractivity contribution < 1.29 is 9.21 Å². The molecule has 19 heavy (non-hydrogen) atoms. The molecule has 3 rings (SSSR count). The van der Waals surface area contributed by atoms with Crippen molar-refractivity contribution in [3.8, 4) is 0 Å². The molecule has 2 aromatic rings. The number of furan rings is 1. The Bertz CT molecular complexity index is 631. The summed E-state index contributed by atoms with van der Waals surface area (Å²) in [6.45, 7) is 3.16. The number of nitrogens with zero attached hydrogens (tertiary/aromatic N) is 1. The molecule has 98 valence electrons. The average molecular weight is 256 g/mol. The molecule has 0 saturated carbocycles. The van der Waals surface area contributed by atoms with E-state index in [2.05, 4.69) is 6.07 Å². The third kappa shape index (κ3) is 2.10. The highest BCUT2D eigenvalue weighted by atomic mass is 16.3. The molecule has 1 aliphatic rings. The Balaban J connectivity index is 1.86. The zero-order chi connectivity index (χ0) is 13.4. The molecule has 1 aromatic heterocycles. The van der Waals surface area contributed by atoms with Crippen LogP contribution in [0.3, 0.4) is 0 Å². The Hall–Kier alpha value is -2.23. The fourth-order valence-electron chi connectivity index (χ4n) is 2.53. The number of nitrogen functional groups attached to an aromatic ring is 1. The van der Waals surface area contributed by atoms with E-state index in [1.165, 1.54) is 5.56 Å². The first-order chi connectivity index (χ1) is 9.15. The van der Waals surface area contributed by atoms with E-state index in [0.717, 1.165) is 24.2 Å². The number of fused-ring (bicyclic) bond motifs is 1. The van der Waals surface area contributed by atoms with Crippen molar-refractivity contribution in [1.29, 1.82) is 0 Å². The zero-order valence-electron chi connectivity index (χ0n) is 10.8. The number of rotatable bonds is 1. The summed E-state index contributed by atoms with van der Waals surface area (Å²) in [5.74, 6) is 0.697. The van der Waals surface area contributed by atoms with E-state index in [1.54, 1.807) is 12.3 Å². The van der Waals surface area contributed by atoms with Crippen LogP contribution < -0.4 is 5.73 Å². The number of hydrogen-bond donors (Lipinski definition) is 1. The van der Waals surface area contributed by atoms with Crippen LogP contribution in [-0.4, -0.2) is 17.4 Å². The number of hydrogen-bond acceptors (Lipinski definition) is 3. The van der Waals surface area contributed by atoms with Gasteiger partial charge < -0.3 is 15.1 Å². The van der Waals surface area contributed by atoms with Crippen molar-refractivity contribution in [3.63, 3.8) is 0 Å². The SMILES string of the molecule is Cc1occc1C(=O)N1CCc2ccc(N)cc2C1. The van der Waals surface area contributed by atoms with Crippen LogP contribution in [0, 0.1) is 6.92 Å². The van der Waals surface area contributed by atoms with Gasteiger partial charge >= 0.3 is 0 Å². The van der Waals surface area contributed by atoms with Gasteiger partial charge in [-0.15, -0.1) is 0 Å². The fourth-order valence-corrected chi connectivity index (χ4v) is 2.53. The van der Waals surface area contributed by atoms with Crippen LogP contribution in [0.25, 0.3) is 0 Å². The second kappa shape index (κ2) is 4.46. The maximum absolute atomic E-state index is 12.4. The van der Waals surface area contributed by atoms with Gasteiger partial charge in [-0.1, -0.05) is 6.07 Å². The van der Waals surface area contributed by atoms with Crippen LogP contribution in [0.15, 0.2) is 34.9 Å². The molecule has 0 fully saturated rings. The van der Waals surface area contributed by atoms with Gasteiger partial charge in [-0.25, -0.2) is 0 Å². The summed E-state index contributed by atoms with van der Waals surface area (Å²) in [6, 6.07) is 7.65. The third-order valence-electron chi connectivity index (χ3n) is 3.62. The molecule has 1 amide bonds. The quantitative estimate of drug-likeness (QED) is 0.797. The van der Waals surface area contributed by atoms with Gasteiger partial charge in [0, 0.05) is 18.8 Å². The van der Waals surface area contributed by atoms with Gasteiger partial charge in [0.15, 0.2) is 0 Å². The van der Waals surface area contributed by atoms with Crippen LogP contribution in [0.5, 0.6) is 0 Å². The molecular formula is C15H16N2O2. The second-order valence-electron chi connectivity index (χ2n) is 4.90. The molecule has 0 saturated heterocycles. The highest BCUT2D eigenvalue weighted by molar-refractivity contribution is 5.95. The van der Waals surface area contributed by atoms with Crippen LogP contribution in [0.1, 0.15) is 27.2 Å². The minimum Gasteiger partial charge on any atom is -0.469 e. The molecule has 1 aromatic carbocycles. The maximum atomic E-state index is 12.4. The van der Waals surface area contributed by atoms with Crippen LogP contribution in [-0.2, 0) is 13.0 Å². The molecule has 0 radical (unpaired) electrons. The second-order valence-corrected chi connectivity index (χ2v) is 4.90. The molecule has 0 atom stereocenters. The summed E-state index contributed by atoms with van der Waals surface area (Å²) in [5, 5.41) is 0. The number of benzene rings is 1. The Morgan fingerprint density at radius 2 is 2.16 bits per heavy atom. The first kappa shape index (κ1) is 11.8. The summed E-state index contributed by atoms with van der Waals surface area (Å²) < 4.78 is 5.20. The topological polar surface area (TPSA) is 59.5 Å². The average Bonchev–Trinajstić information content (AvgIpc) is 2.83. The van der Waals surface area contributed by atoms with Crippen molar-refractivity contribution in [2.24, 2.45) is 0 Å². The van der Waals surface area contributed by atoms with Gasteiger partial charge in [-0.05, 0) is 42.7 Å². The summed E-state index contributed by atoms with van der Waals surface area (Å²) in [6.07, 6.45) is 2.43. The maximum Gasteiger partial charge on any atom is 0.257 e. The summed E-state index contributed by atoms with van der Waals surface area (Å²) in [5.41, 5.74) is 9.61. The molecule has 0 bridgehead atoms. The van der Waals surface area contributed by atoms with E-state index in [1.807, 2.05) is 24.0 Å². The lowest BCUT2D eigenvalue weighted by Crippen LogP contribution is -2.36. The number of aryl methyl sites for hydroxylation is 1. The minimum absolute atomic E-state index is 0.0272. The normalized spacial score (nSPS) is 14.3. The number of nitrogens with two attached hydrogens (primary N) is 1. The van der Waals surface area contributed by atoms with E-state index >= 15 is 0 Å². The highest BCUT2D eigenvalue weighted by Crippen LogP contribution is 2.23. The monoisotopic (exact) mass is 256 g/mol. The summed E-state index contributed by atoms with van der Waals surface area (Å²) in [7, 11) is 0. The van der Waals surface area contributed by atoms with Gasteiger partial charge in [-0.2, -0.15) is 0 Å². The lowest BCUT2D eigenvalue weighted by molar-refractivity contribution is 0.0733. The molecule has 0 aliphatic carbocycles. The van der Waals surface area contributed by atoms with Crippen LogP contribution in [0.4, 0.5) is 5.69 Å². The van der Waals surface area contributed by atoms with Gasteiger partial charge in [0.2, 0.25) is 0 Å². The van der Waals surface area contributed by atoms with Gasteiger partial charge in [0.05, 0.1) is 11.8 Å². The van der Waals surface area contributed by atoms with Crippen molar-refractivity contribution in [3.05, 3.63) is 53.0 Å². The van der Waals surface area contributed by atoms with E-state index in [4.69, 9.17) is 10.2 Å². The number of carbonyl (C=O) groups is 1. The Morgan fingerprint density at radius 1 is 1.32 bits per heavy atom. The first-order valence-electron chi connectivity index (χ1n) is 6.36. The number of anilines is 1. The first-order valence-corrected chi connectivity index (χ1v) is 6.36. The largest absolute Gasteiger partial charge is 0.469 e. The number of amides is 1. The van der Waals surface area contributed by atoms with E-state index in [-0.39, 0.29) is 5.91 Å². The molecule has 2 heterocycles. The lowest BCUT2D eigenvalue weighted by atomic mass is 9.98. The van der Waals surface area contributed by atoms with Gasteiger partial charge in [0.1, 0.15) is 5.76 Å². The molecular weight excluding hydrogens is 240 g/mol. The number of carbonyl (C=O) groups excluding carboxylic acids is 1. The van der Waals surface area contributed by atoms with E-state index < -0.39 is 0 Å². The van der Waals surface area contributed by atoms with Crippen molar-refractivity contribution >= 4 is 11.6 Å². The predicted octanol–water partition coefficient (Wildman–Crippen LogP) is 2.37. The van der Waals surface area contributed by atoms with Gasteiger partial charge in [0.25, 0.3) is 5.91 Å². The smallest absolute Gasteiger partial charge is 0.257 e. The van der Waals surface area contributed by atoms with Crippen molar-refractivity contribution in [2.45, 2.75) is 19.9 Å². The summed E-state index contributed by atoms with van der Waals surface area (Å²) >= 11 is 0. The Morgan fingerprint density at radius 3 is 2.89 bits per heavy atom. The standard InChI is InChI=1S/C15H16N2O2/c1-10-14(5-7-19-10)15(18)17-6-4-11-2-3-13(16)8-12(11)9-17/h2-3,5,7-8H,4,6,9,16H2,1H3. The summed E-state index contributed by atoms with van der Waals surface area (Å²) in [4.78, 5) is 14.3. The minimum atomic E-state index is 0.0272. The van der Waals surface area contributed by atoms with E-state index in [9.17, 15) is 4.79 Å². The van der Waals surface area contributed by atoms with Crippen LogP contribution >= 0.6 is 0 Å². The highest BCUT2D eigenvalue weighted by Gasteiger charge is 2.23. The molecule has 0 unspecified atom stereocenters. The third-order valence-corrected chi connectivity index (χ3v) is 3.62. The van der Waals surface area contributed by atoms with Crippen molar-refractivity contribution in [2.75, 3.05) is 12.3 Å². The van der Waals surface area contributed by atoms with E-state index in [0.29, 0.717) is 17.9 Å². The zero-order valence-corrected chi connectivity index (χ0v) is 10.8. The predicted molar refractivity (Wildman–Crippen MR) is 72.7 cm³/mol. The lowest BCUT2D eigenvalue weighted by Gasteiger charge is -2.29. The molecule has 4 nitrogen and oxygen atoms in total. The fraction of sp³-hybridized carbons (Fsp3) is 0.267. The Kier molecular flexibility index (Phi) is 2.78. The molecule has 2 N–H and O–H groups in total.